The molecule has 2 N–H and O–H groups in total. The smallest absolute Gasteiger partial charge is 0.223 e. The van der Waals surface area contributed by atoms with Gasteiger partial charge in [-0.15, -0.1) is 0 Å². The van der Waals surface area contributed by atoms with Crippen molar-refractivity contribution in [2.75, 3.05) is 13.1 Å². The number of hydrogen-bond donors (Lipinski definition) is 1. The van der Waals surface area contributed by atoms with Crippen LogP contribution in [-0.2, 0) is 16.0 Å². The molecule has 2 heterocycles. The summed E-state index contributed by atoms with van der Waals surface area (Å²) in [6.45, 7) is 3.04. The molecule has 3 rings (SSSR count). The third-order valence-corrected chi connectivity index (χ3v) is 4.39. The van der Waals surface area contributed by atoms with E-state index in [1.54, 1.807) is 11.1 Å². The Morgan fingerprint density at radius 3 is 2.75 bits per heavy atom. The van der Waals surface area contributed by atoms with Crippen LogP contribution in [0.15, 0.2) is 34.9 Å². The van der Waals surface area contributed by atoms with E-state index in [0.29, 0.717) is 44.0 Å². The normalized spacial score (nSPS) is 17.2. The van der Waals surface area contributed by atoms with Crippen molar-refractivity contribution in [1.82, 2.24) is 9.88 Å². The average molecular weight is 327 g/mol. The van der Waals surface area contributed by atoms with E-state index in [4.69, 9.17) is 10.2 Å². The maximum Gasteiger partial charge on any atom is 0.223 e. The summed E-state index contributed by atoms with van der Waals surface area (Å²) in [5.41, 5.74) is 7.44. The largest absolute Gasteiger partial charge is 0.441 e. The first-order chi connectivity index (χ1) is 11.5. The number of primary amides is 1. The summed E-state index contributed by atoms with van der Waals surface area (Å²) in [6.07, 6.45) is 3.10. The van der Waals surface area contributed by atoms with Crippen molar-refractivity contribution in [3.63, 3.8) is 0 Å². The first kappa shape index (κ1) is 16.2. The second kappa shape index (κ2) is 6.86. The first-order valence-electron chi connectivity index (χ1n) is 8.12. The van der Waals surface area contributed by atoms with E-state index >= 15 is 0 Å². The fraction of sp³-hybridized carbons (Fsp3) is 0.389. The van der Waals surface area contributed by atoms with Crippen LogP contribution >= 0.6 is 0 Å². The van der Waals surface area contributed by atoms with Gasteiger partial charge in [-0.05, 0) is 13.3 Å². The van der Waals surface area contributed by atoms with Gasteiger partial charge in [0.15, 0.2) is 11.7 Å². The van der Waals surface area contributed by atoms with Gasteiger partial charge < -0.3 is 15.1 Å². The highest BCUT2D eigenvalue weighted by Gasteiger charge is 2.29. The molecule has 1 aliphatic rings. The van der Waals surface area contributed by atoms with E-state index < -0.39 is 0 Å². The molecule has 1 saturated heterocycles. The van der Waals surface area contributed by atoms with Gasteiger partial charge in [-0.2, -0.15) is 0 Å². The molecule has 1 fully saturated rings. The minimum Gasteiger partial charge on any atom is -0.441 e. The summed E-state index contributed by atoms with van der Waals surface area (Å²) in [6, 6.07) is 8.01. The average Bonchev–Trinajstić information content (AvgIpc) is 3.23. The summed E-state index contributed by atoms with van der Waals surface area (Å²) >= 11 is 0. The van der Waals surface area contributed by atoms with Crippen LogP contribution in [0, 0.1) is 12.8 Å². The van der Waals surface area contributed by atoms with Crippen LogP contribution in [0.2, 0.25) is 0 Å². The molecule has 1 aliphatic heterocycles. The molecular weight excluding hydrogens is 306 g/mol. The highest BCUT2D eigenvalue weighted by atomic mass is 16.4. The van der Waals surface area contributed by atoms with Crippen molar-refractivity contribution in [3.05, 3.63) is 41.9 Å². The monoisotopic (exact) mass is 327 g/mol. The van der Waals surface area contributed by atoms with Gasteiger partial charge in [0, 0.05) is 31.5 Å². The Labute approximate surface area is 140 Å². The molecule has 6 heteroatoms. The molecule has 24 heavy (non-hydrogen) atoms. The fourth-order valence-electron chi connectivity index (χ4n) is 2.87. The summed E-state index contributed by atoms with van der Waals surface area (Å²) in [5, 5.41) is 0. The van der Waals surface area contributed by atoms with Gasteiger partial charge in [0.1, 0.15) is 0 Å². The number of benzene rings is 1. The molecule has 6 nitrogen and oxygen atoms in total. The maximum atomic E-state index is 12.2. The zero-order valence-electron chi connectivity index (χ0n) is 13.7. The van der Waals surface area contributed by atoms with Crippen molar-refractivity contribution in [2.24, 2.45) is 11.7 Å². The van der Waals surface area contributed by atoms with E-state index in [1.807, 2.05) is 31.2 Å². The standard InChI is InChI=1S/C18H21N3O3/c1-12-2-4-13(5-3-12)15-10-20-16(24-15)6-7-17(22)21-9-8-14(11-21)18(19)23/h2-5,10,14H,6-9,11H2,1H3,(H2,19,23)/t14-/m1/s1. The number of aryl methyl sites for hydroxylation is 2. The van der Waals surface area contributed by atoms with Crippen LogP contribution in [0.1, 0.15) is 24.3 Å². The number of nitrogens with zero attached hydrogens (tertiary/aromatic N) is 2. The van der Waals surface area contributed by atoms with Gasteiger partial charge in [0.25, 0.3) is 0 Å². The predicted molar refractivity (Wildman–Crippen MR) is 88.9 cm³/mol. The highest BCUT2D eigenvalue weighted by molar-refractivity contribution is 5.81. The van der Waals surface area contributed by atoms with Crippen molar-refractivity contribution in [2.45, 2.75) is 26.2 Å². The topological polar surface area (TPSA) is 89.4 Å². The number of likely N-dealkylation sites (tertiary alicyclic amines) is 1. The molecule has 1 atom stereocenters. The Morgan fingerprint density at radius 2 is 2.08 bits per heavy atom. The van der Waals surface area contributed by atoms with Crippen LogP contribution < -0.4 is 5.73 Å². The third kappa shape index (κ3) is 3.64. The quantitative estimate of drug-likeness (QED) is 0.908. The number of aromatic nitrogens is 1. The number of amides is 2. The Kier molecular flexibility index (Phi) is 4.64. The minimum atomic E-state index is -0.333. The molecule has 2 amide bonds. The highest BCUT2D eigenvalue weighted by Crippen LogP contribution is 2.22. The number of nitrogens with two attached hydrogens (primary N) is 1. The van der Waals surface area contributed by atoms with Crippen molar-refractivity contribution in [3.8, 4) is 11.3 Å². The van der Waals surface area contributed by atoms with Gasteiger partial charge in [-0.1, -0.05) is 29.8 Å². The number of oxazole rings is 1. The molecule has 0 unspecified atom stereocenters. The predicted octanol–water partition coefficient (Wildman–Crippen LogP) is 1.92. The number of carbonyl (C=O) groups is 2. The summed E-state index contributed by atoms with van der Waals surface area (Å²) in [5.74, 6) is 0.704. The van der Waals surface area contributed by atoms with Crippen LogP contribution in [0.5, 0.6) is 0 Å². The molecule has 0 spiro atoms. The Morgan fingerprint density at radius 1 is 1.33 bits per heavy atom. The number of hydrogen-bond acceptors (Lipinski definition) is 4. The van der Waals surface area contributed by atoms with Gasteiger partial charge in [-0.3, -0.25) is 9.59 Å². The van der Waals surface area contributed by atoms with Gasteiger partial charge in [0.05, 0.1) is 12.1 Å². The zero-order chi connectivity index (χ0) is 17.1. The van der Waals surface area contributed by atoms with Crippen molar-refractivity contribution >= 4 is 11.8 Å². The molecular formula is C18H21N3O3. The summed E-state index contributed by atoms with van der Waals surface area (Å²) < 4.78 is 5.73. The lowest BCUT2D eigenvalue weighted by molar-refractivity contribution is -0.130. The lowest BCUT2D eigenvalue weighted by atomic mass is 10.1. The number of carbonyl (C=O) groups excluding carboxylic acids is 2. The SMILES string of the molecule is Cc1ccc(-c2cnc(CCC(=O)N3CC[C@@H](C(N)=O)C3)o2)cc1. The van der Waals surface area contributed by atoms with Crippen LogP contribution in [0.3, 0.4) is 0 Å². The van der Waals surface area contributed by atoms with Crippen LogP contribution in [-0.4, -0.2) is 34.8 Å². The second-order valence-electron chi connectivity index (χ2n) is 6.21. The minimum absolute atomic E-state index is 0.00818. The fourth-order valence-corrected chi connectivity index (χ4v) is 2.87. The van der Waals surface area contributed by atoms with E-state index in [-0.39, 0.29) is 17.7 Å². The maximum absolute atomic E-state index is 12.2. The molecule has 126 valence electrons. The van der Waals surface area contributed by atoms with E-state index in [0.717, 1.165) is 5.56 Å². The summed E-state index contributed by atoms with van der Waals surface area (Å²) in [4.78, 5) is 29.3. The molecule has 1 aromatic carbocycles. The molecule has 0 aliphatic carbocycles. The first-order valence-corrected chi connectivity index (χ1v) is 8.12. The third-order valence-electron chi connectivity index (χ3n) is 4.39. The molecule has 0 bridgehead atoms. The molecule has 0 radical (unpaired) electrons. The lowest BCUT2D eigenvalue weighted by Crippen LogP contribution is -2.31. The second-order valence-corrected chi connectivity index (χ2v) is 6.21. The van der Waals surface area contributed by atoms with Gasteiger partial charge in [-0.25, -0.2) is 4.98 Å². The Hall–Kier alpha value is -2.63. The van der Waals surface area contributed by atoms with Gasteiger partial charge in [0.2, 0.25) is 11.8 Å². The van der Waals surface area contributed by atoms with Crippen molar-refractivity contribution < 1.29 is 14.0 Å². The number of rotatable bonds is 5. The van der Waals surface area contributed by atoms with Gasteiger partial charge >= 0.3 is 0 Å². The van der Waals surface area contributed by atoms with Crippen LogP contribution in [0.4, 0.5) is 0 Å². The zero-order valence-corrected chi connectivity index (χ0v) is 13.7. The Balaban J connectivity index is 1.55. The Bertz CT molecular complexity index is 736. The summed E-state index contributed by atoms with van der Waals surface area (Å²) in [7, 11) is 0. The van der Waals surface area contributed by atoms with E-state index in [1.165, 1.54) is 5.56 Å². The van der Waals surface area contributed by atoms with Crippen molar-refractivity contribution in [1.29, 1.82) is 0 Å². The molecule has 0 saturated carbocycles. The van der Waals surface area contributed by atoms with E-state index in [2.05, 4.69) is 4.98 Å². The van der Waals surface area contributed by atoms with E-state index in [9.17, 15) is 9.59 Å². The lowest BCUT2D eigenvalue weighted by Gasteiger charge is -2.15. The molecule has 1 aromatic heterocycles. The molecule has 2 aromatic rings. The van der Waals surface area contributed by atoms with Crippen LogP contribution in [0.25, 0.3) is 11.3 Å².